The van der Waals surface area contributed by atoms with Gasteiger partial charge in [0.2, 0.25) is 0 Å². The van der Waals surface area contributed by atoms with Gasteiger partial charge in [-0.25, -0.2) is 15.0 Å². The molecule has 8 aromatic carbocycles. The summed E-state index contributed by atoms with van der Waals surface area (Å²) in [4.78, 5) is 15.4. The summed E-state index contributed by atoms with van der Waals surface area (Å²) in [5.74, 6) is 1.31. The lowest BCUT2D eigenvalue weighted by atomic mass is 9.96. The van der Waals surface area contributed by atoms with Gasteiger partial charge in [0, 0.05) is 49.6 Å². The van der Waals surface area contributed by atoms with Crippen LogP contribution in [0.4, 0.5) is 0 Å². The lowest BCUT2D eigenvalue weighted by molar-refractivity contribution is 1.07. The second-order valence-corrected chi connectivity index (χ2v) is 16.7. The van der Waals surface area contributed by atoms with Crippen LogP contribution in [0.1, 0.15) is 33.4 Å². The van der Waals surface area contributed by atoms with E-state index >= 15 is 0 Å². The van der Waals surface area contributed by atoms with Gasteiger partial charge in [-0.3, -0.25) is 0 Å². The van der Waals surface area contributed by atoms with E-state index in [4.69, 9.17) is 15.0 Å². The molecule has 11 rings (SSSR count). The Balaban J connectivity index is 1.13. The highest BCUT2D eigenvalue weighted by molar-refractivity contribution is 6.11. The summed E-state index contributed by atoms with van der Waals surface area (Å²) >= 11 is 0. The van der Waals surface area contributed by atoms with E-state index in [2.05, 4.69) is 140 Å². The standard InChI is InChI=1S/C57H39N7/c1-34-13-21-51-47(25-34)48-26-35(2)14-22-52(48)63(51)42-17-19-44(41(30-42)33-59)56-60-55(39-10-6-5-7-11-39)61-57(62-56)45-20-18-43(31-46(45)40-12-8-9-38(29-40)32-58)64-53-23-15-36(3)27-49(53)50-28-37(4)16-24-54(50)64/h5-31H,1-4H3. The van der Waals surface area contributed by atoms with Gasteiger partial charge in [-0.2, -0.15) is 10.5 Å². The second kappa shape index (κ2) is 15.1. The number of rotatable bonds is 6. The smallest absolute Gasteiger partial charge is 0.165 e. The van der Waals surface area contributed by atoms with Crippen LogP contribution >= 0.6 is 0 Å². The molecule has 0 aliphatic heterocycles. The van der Waals surface area contributed by atoms with Crippen LogP contribution in [-0.4, -0.2) is 24.1 Å². The third-order valence-electron chi connectivity index (χ3n) is 12.2. The van der Waals surface area contributed by atoms with E-state index in [-0.39, 0.29) is 0 Å². The maximum absolute atomic E-state index is 10.9. The van der Waals surface area contributed by atoms with Gasteiger partial charge in [-0.05, 0) is 136 Å². The number of aryl methyl sites for hydroxylation is 4. The van der Waals surface area contributed by atoms with E-state index in [1.165, 1.54) is 43.8 Å². The molecular weight excluding hydrogens is 783 g/mol. The van der Waals surface area contributed by atoms with E-state index in [0.717, 1.165) is 55.7 Å². The Bertz CT molecular complexity index is 3680. The zero-order valence-electron chi connectivity index (χ0n) is 35.7. The Morgan fingerprint density at radius 1 is 0.375 bits per heavy atom. The quantitative estimate of drug-likeness (QED) is 0.166. The molecule has 0 N–H and O–H groups in total. The largest absolute Gasteiger partial charge is 0.309 e. The van der Waals surface area contributed by atoms with Gasteiger partial charge in [0.05, 0.1) is 45.3 Å². The number of aromatic nitrogens is 5. The van der Waals surface area contributed by atoms with Crippen molar-refractivity contribution in [1.29, 1.82) is 10.5 Å². The van der Waals surface area contributed by atoms with Crippen LogP contribution in [0.15, 0.2) is 164 Å². The number of nitrogens with zero attached hydrogens (tertiary/aromatic N) is 7. The summed E-state index contributed by atoms with van der Waals surface area (Å²) in [6.07, 6.45) is 0. The lowest BCUT2D eigenvalue weighted by Gasteiger charge is -2.16. The molecule has 0 amide bonds. The highest BCUT2D eigenvalue weighted by Gasteiger charge is 2.22. The van der Waals surface area contributed by atoms with Crippen LogP contribution < -0.4 is 0 Å². The molecule has 7 nitrogen and oxygen atoms in total. The second-order valence-electron chi connectivity index (χ2n) is 16.7. The molecule has 0 aliphatic rings. The fourth-order valence-electron chi connectivity index (χ4n) is 9.21. The van der Waals surface area contributed by atoms with Crippen LogP contribution in [0.3, 0.4) is 0 Å². The predicted molar refractivity (Wildman–Crippen MR) is 259 cm³/mol. The summed E-state index contributed by atoms with van der Waals surface area (Å²) in [6.45, 7) is 8.48. The molecule has 302 valence electrons. The predicted octanol–water partition coefficient (Wildman–Crippen LogP) is 13.7. The highest BCUT2D eigenvalue weighted by atomic mass is 15.0. The first kappa shape index (κ1) is 38.3. The Labute approximate surface area is 370 Å². The van der Waals surface area contributed by atoms with Gasteiger partial charge in [-0.1, -0.05) is 89.0 Å². The van der Waals surface area contributed by atoms with E-state index in [1.54, 1.807) is 0 Å². The number of hydrogen-bond acceptors (Lipinski definition) is 5. The molecule has 0 atom stereocenters. The summed E-state index contributed by atoms with van der Waals surface area (Å²) in [5.41, 5.74) is 15.8. The Kier molecular flexibility index (Phi) is 9.01. The molecule has 0 unspecified atom stereocenters. The molecule has 7 heteroatoms. The number of nitriles is 2. The summed E-state index contributed by atoms with van der Waals surface area (Å²) < 4.78 is 4.53. The minimum Gasteiger partial charge on any atom is -0.309 e. The Hall–Kier alpha value is -8.65. The monoisotopic (exact) mass is 821 g/mol. The number of fused-ring (bicyclic) bond motifs is 6. The van der Waals surface area contributed by atoms with Crippen LogP contribution in [0.2, 0.25) is 0 Å². The summed E-state index contributed by atoms with van der Waals surface area (Å²) in [5, 5.41) is 25.6. The zero-order valence-corrected chi connectivity index (χ0v) is 35.7. The third-order valence-corrected chi connectivity index (χ3v) is 12.2. The molecule has 0 spiro atoms. The SMILES string of the molecule is Cc1ccc2c(c1)c1cc(C)ccc1n2-c1ccc(-c2nc(-c3ccccc3)nc(-c3ccc(-n4c5ccc(C)cc5c5cc(C)ccc54)cc3-c3cccc(C#N)c3)n2)c(C#N)c1. The van der Waals surface area contributed by atoms with Crippen molar-refractivity contribution in [3.63, 3.8) is 0 Å². The molecule has 0 radical (unpaired) electrons. The van der Waals surface area contributed by atoms with Crippen LogP contribution in [0, 0.1) is 50.4 Å². The van der Waals surface area contributed by atoms with Crippen LogP contribution in [0.5, 0.6) is 0 Å². The van der Waals surface area contributed by atoms with Gasteiger partial charge >= 0.3 is 0 Å². The van der Waals surface area contributed by atoms with E-state index in [0.29, 0.717) is 34.2 Å². The molecule has 0 fully saturated rings. The van der Waals surface area contributed by atoms with Gasteiger partial charge in [0.1, 0.15) is 0 Å². The molecule has 11 aromatic rings. The molecule has 0 bridgehead atoms. The van der Waals surface area contributed by atoms with Crippen molar-refractivity contribution in [3.8, 4) is 68.8 Å². The van der Waals surface area contributed by atoms with Crippen molar-refractivity contribution in [2.24, 2.45) is 0 Å². The molecule has 0 aliphatic carbocycles. The molecule has 64 heavy (non-hydrogen) atoms. The molecule has 3 aromatic heterocycles. The maximum atomic E-state index is 10.9. The average Bonchev–Trinajstić information content (AvgIpc) is 3.82. The van der Waals surface area contributed by atoms with Crippen molar-refractivity contribution in [2.45, 2.75) is 27.7 Å². The molecule has 3 heterocycles. The summed E-state index contributed by atoms with van der Waals surface area (Å²) in [7, 11) is 0. The van der Waals surface area contributed by atoms with Crippen molar-refractivity contribution in [3.05, 3.63) is 197 Å². The minimum atomic E-state index is 0.384. The maximum Gasteiger partial charge on any atom is 0.165 e. The lowest BCUT2D eigenvalue weighted by Crippen LogP contribution is -2.03. The highest BCUT2D eigenvalue weighted by Crippen LogP contribution is 2.40. The van der Waals surface area contributed by atoms with Crippen LogP contribution in [-0.2, 0) is 0 Å². The van der Waals surface area contributed by atoms with Crippen molar-refractivity contribution in [2.75, 3.05) is 0 Å². The van der Waals surface area contributed by atoms with Crippen LogP contribution in [0.25, 0.3) is 100 Å². The fraction of sp³-hybridized carbons (Fsp3) is 0.0702. The minimum absolute atomic E-state index is 0.384. The Morgan fingerprint density at radius 2 is 0.844 bits per heavy atom. The zero-order chi connectivity index (χ0) is 43.6. The number of benzene rings is 8. The van der Waals surface area contributed by atoms with E-state index < -0.39 is 0 Å². The first-order chi connectivity index (χ1) is 31.2. The van der Waals surface area contributed by atoms with Gasteiger partial charge in [0.25, 0.3) is 0 Å². The number of hydrogen-bond donors (Lipinski definition) is 0. The fourth-order valence-corrected chi connectivity index (χ4v) is 9.21. The average molecular weight is 822 g/mol. The third kappa shape index (κ3) is 6.38. The van der Waals surface area contributed by atoms with Gasteiger partial charge < -0.3 is 9.13 Å². The molecule has 0 saturated carbocycles. The van der Waals surface area contributed by atoms with Crippen molar-refractivity contribution in [1.82, 2.24) is 24.1 Å². The van der Waals surface area contributed by atoms with Gasteiger partial charge in [0.15, 0.2) is 17.5 Å². The first-order valence-corrected chi connectivity index (χ1v) is 21.3. The first-order valence-electron chi connectivity index (χ1n) is 21.3. The van der Waals surface area contributed by atoms with E-state index in [1.807, 2.05) is 72.8 Å². The summed E-state index contributed by atoms with van der Waals surface area (Å²) in [6, 6.07) is 60.8. The van der Waals surface area contributed by atoms with Crippen molar-refractivity contribution < 1.29 is 0 Å². The molecule has 0 saturated heterocycles. The van der Waals surface area contributed by atoms with E-state index in [9.17, 15) is 10.5 Å². The Morgan fingerprint density at radius 3 is 1.36 bits per heavy atom. The van der Waals surface area contributed by atoms with Crippen molar-refractivity contribution >= 4 is 43.6 Å². The molecular formula is C57H39N7. The van der Waals surface area contributed by atoms with Gasteiger partial charge in [-0.15, -0.1) is 0 Å². The normalized spacial score (nSPS) is 11.4. The topological polar surface area (TPSA) is 96.1 Å².